The number of methoxy groups -OCH3 is 1. The Morgan fingerprint density at radius 2 is 1.85 bits per heavy atom. The number of carbonyl (C=O) groups excluding carboxylic acids is 1. The van der Waals surface area contributed by atoms with E-state index in [4.69, 9.17) is 21.1 Å². The van der Waals surface area contributed by atoms with Gasteiger partial charge in [-0.2, -0.15) is 10.2 Å². The van der Waals surface area contributed by atoms with Crippen molar-refractivity contribution in [2.45, 2.75) is 6.61 Å². The Kier molecular flexibility index (Phi) is 7.02. The van der Waals surface area contributed by atoms with Crippen molar-refractivity contribution in [3.8, 4) is 22.8 Å². The normalized spacial score (nSPS) is 10.8. The third-order valence-electron chi connectivity index (χ3n) is 4.82. The third-order valence-corrected chi connectivity index (χ3v) is 5.19. The Labute approximate surface area is 196 Å². The molecule has 4 rings (SSSR count). The average Bonchev–Trinajstić information content (AvgIpc) is 3.34. The Morgan fingerprint density at radius 3 is 2.64 bits per heavy atom. The van der Waals surface area contributed by atoms with Gasteiger partial charge >= 0.3 is 0 Å². The van der Waals surface area contributed by atoms with Crippen LogP contribution < -0.4 is 14.9 Å². The van der Waals surface area contributed by atoms with Crippen molar-refractivity contribution in [1.29, 1.82) is 0 Å². The Bertz CT molecular complexity index is 1270. The summed E-state index contributed by atoms with van der Waals surface area (Å²) >= 11 is 6.22. The number of aromatic nitrogens is 2. The van der Waals surface area contributed by atoms with E-state index in [0.717, 1.165) is 22.4 Å². The monoisotopic (exact) mass is 460 g/mol. The van der Waals surface area contributed by atoms with Crippen LogP contribution in [0.25, 0.3) is 11.3 Å². The maximum atomic E-state index is 12.5. The molecule has 3 aromatic carbocycles. The number of halogens is 1. The number of benzene rings is 3. The third kappa shape index (κ3) is 5.58. The standard InChI is InChI=1S/C25H21ClN4O3/c1-32-19-12-10-17(11-13-19)15-27-30-25(31)23-14-22(28-29-23)20-7-3-5-9-24(20)33-16-18-6-2-4-8-21(18)26/h2-15H,16H2,1H3,(H,28,29)(H,30,31). The van der Waals surface area contributed by atoms with Crippen molar-refractivity contribution in [1.82, 2.24) is 15.6 Å². The van der Waals surface area contributed by atoms with Gasteiger partial charge in [-0.1, -0.05) is 41.9 Å². The molecule has 0 saturated heterocycles. The smallest absolute Gasteiger partial charge is 0.289 e. The predicted octanol–water partition coefficient (Wildman–Crippen LogP) is 5.08. The highest BCUT2D eigenvalue weighted by molar-refractivity contribution is 6.31. The van der Waals surface area contributed by atoms with Crippen LogP contribution in [-0.2, 0) is 6.61 Å². The average molecular weight is 461 g/mol. The molecule has 0 unspecified atom stereocenters. The number of nitrogens with one attached hydrogen (secondary N) is 2. The number of hydrogen-bond acceptors (Lipinski definition) is 5. The molecule has 0 atom stereocenters. The summed E-state index contributed by atoms with van der Waals surface area (Å²) in [4.78, 5) is 12.5. The zero-order valence-electron chi connectivity index (χ0n) is 17.8. The van der Waals surface area contributed by atoms with Crippen LogP contribution in [-0.4, -0.2) is 29.4 Å². The molecule has 1 amide bonds. The number of para-hydroxylation sites is 1. The lowest BCUT2D eigenvalue weighted by atomic mass is 10.1. The van der Waals surface area contributed by atoms with Gasteiger partial charge in [-0.05, 0) is 54.1 Å². The van der Waals surface area contributed by atoms with Gasteiger partial charge in [0.15, 0.2) is 0 Å². The molecule has 0 radical (unpaired) electrons. The molecule has 33 heavy (non-hydrogen) atoms. The molecule has 1 heterocycles. The van der Waals surface area contributed by atoms with Gasteiger partial charge in [-0.15, -0.1) is 0 Å². The molecule has 0 spiro atoms. The van der Waals surface area contributed by atoms with Gasteiger partial charge in [0.05, 0.1) is 19.0 Å². The molecule has 0 fully saturated rings. The zero-order valence-corrected chi connectivity index (χ0v) is 18.5. The number of rotatable bonds is 8. The van der Waals surface area contributed by atoms with Gasteiger partial charge in [0.2, 0.25) is 0 Å². The molecule has 0 bridgehead atoms. The van der Waals surface area contributed by atoms with Gasteiger partial charge in [-0.25, -0.2) is 5.43 Å². The first-order valence-corrected chi connectivity index (χ1v) is 10.5. The molecule has 4 aromatic rings. The quantitative estimate of drug-likeness (QED) is 0.283. The Balaban J connectivity index is 1.43. The number of amides is 1. The SMILES string of the molecule is COc1ccc(C=NNC(=O)c2cc(-c3ccccc3OCc3ccccc3Cl)n[nH]2)cc1. The zero-order chi connectivity index (χ0) is 23.0. The van der Waals surface area contributed by atoms with Crippen molar-refractivity contribution < 1.29 is 14.3 Å². The van der Waals surface area contributed by atoms with Gasteiger partial charge in [0.1, 0.15) is 23.8 Å². The first kappa shape index (κ1) is 22.1. The molecular weight excluding hydrogens is 440 g/mol. The molecule has 0 aliphatic heterocycles. The minimum Gasteiger partial charge on any atom is -0.497 e. The van der Waals surface area contributed by atoms with Crippen LogP contribution in [0.5, 0.6) is 11.5 Å². The number of hydrazone groups is 1. The molecule has 166 valence electrons. The minimum atomic E-state index is -0.409. The second-order valence-electron chi connectivity index (χ2n) is 7.02. The fraction of sp³-hybridized carbons (Fsp3) is 0.0800. The van der Waals surface area contributed by atoms with E-state index in [1.54, 1.807) is 19.4 Å². The molecular formula is C25H21ClN4O3. The minimum absolute atomic E-state index is 0.276. The van der Waals surface area contributed by atoms with E-state index in [1.165, 1.54) is 0 Å². The van der Waals surface area contributed by atoms with Crippen LogP contribution in [0.3, 0.4) is 0 Å². The predicted molar refractivity (Wildman–Crippen MR) is 128 cm³/mol. The first-order valence-electron chi connectivity index (χ1n) is 10.1. The molecule has 0 aliphatic carbocycles. The van der Waals surface area contributed by atoms with Gasteiger partial charge < -0.3 is 9.47 Å². The summed E-state index contributed by atoms with van der Waals surface area (Å²) in [7, 11) is 1.60. The lowest BCUT2D eigenvalue weighted by molar-refractivity contribution is 0.0950. The maximum absolute atomic E-state index is 12.5. The summed E-state index contributed by atoms with van der Waals surface area (Å²) < 4.78 is 11.1. The largest absolute Gasteiger partial charge is 0.497 e. The van der Waals surface area contributed by atoms with Gasteiger partial charge in [-0.3, -0.25) is 9.89 Å². The lowest BCUT2D eigenvalue weighted by Crippen LogP contribution is -2.17. The van der Waals surface area contributed by atoms with Crippen LogP contribution in [0.1, 0.15) is 21.6 Å². The number of H-pyrrole nitrogens is 1. The van der Waals surface area contributed by atoms with E-state index in [9.17, 15) is 4.79 Å². The number of ether oxygens (including phenoxy) is 2. The van der Waals surface area contributed by atoms with E-state index < -0.39 is 5.91 Å². The first-order chi connectivity index (χ1) is 16.1. The van der Waals surface area contributed by atoms with E-state index >= 15 is 0 Å². The van der Waals surface area contributed by atoms with Crippen LogP contribution in [0.4, 0.5) is 0 Å². The van der Waals surface area contributed by atoms with Crippen molar-refractivity contribution >= 4 is 23.7 Å². The Morgan fingerprint density at radius 1 is 1.09 bits per heavy atom. The van der Waals surface area contributed by atoms with Crippen LogP contribution >= 0.6 is 11.6 Å². The highest BCUT2D eigenvalue weighted by atomic mass is 35.5. The molecule has 8 heteroatoms. The molecule has 0 aliphatic rings. The van der Waals surface area contributed by atoms with E-state index in [0.29, 0.717) is 23.1 Å². The lowest BCUT2D eigenvalue weighted by Gasteiger charge is -2.11. The van der Waals surface area contributed by atoms with E-state index in [2.05, 4.69) is 20.7 Å². The number of hydrogen-bond donors (Lipinski definition) is 2. The highest BCUT2D eigenvalue weighted by Crippen LogP contribution is 2.30. The maximum Gasteiger partial charge on any atom is 0.289 e. The summed E-state index contributed by atoms with van der Waals surface area (Å²) in [5.74, 6) is 0.971. The number of nitrogens with zero attached hydrogens (tertiary/aromatic N) is 2. The second-order valence-corrected chi connectivity index (χ2v) is 7.42. The number of carbonyl (C=O) groups is 1. The fourth-order valence-electron chi connectivity index (χ4n) is 3.07. The summed E-state index contributed by atoms with van der Waals surface area (Å²) in [6.45, 7) is 0.314. The van der Waals surface area contributed by atoms with Crippen molar-refractivity contribution in [3.63, 3.8) is 0 Å². The Hall–Kier alpha value is -4.10. The molecule has 2 N–H and O–H groups in total. The molecule has 7 nitrogen and oxygen atoms in total. The van der Waals surface area contributed by atoms with Crippen LogP contribution in [0, 0.1) is 0 Å². The summed E-state index contributed by atoms with van der Waals surface area (Å²) in [6, 6.07) is 23.9. The molecule has 1 aromatic heterocycles. The van der Waals surface area contributed by atoms with E-state index in [-0.39, 0.29) is 5.69 Å². The van der Waals surface area contributed by atoms with E-state index in [1.807, 2.05) is 72.8 Å². The van der Waals surface area contributed by atoms with Gasteiger partial charge in [0, 0.05) is 16.1 Å². The highest BCUT2D eigenvalue weighted by Gasteiger charge is 2.14. The summed E-state index contributed by atoms with van der Waals surface area (Å²) in [6.07, 6.45) is 1.55. The molecule has 0 saturated carbocycles. The summed E-state index contributed by atoms with van der Waals surface area (Å²) in [5, 5.41) is 11.7. The van der Waals surface area contributed by atoms with Crippen LogP contribution in [0.15, 0.2) is 84.0 Å². The van der Waals surface area contributed by atoms with Crippen molar-refractivity contribution in [2.24, 2.45) is 5.10 Å². The summed E-state index contributed by atoms with van der Waals surface area (Å²) in [5.41, 5.74) is 5.80. The van der Waals surface area contributed by atoms with Crippen molar-refractivity contribution in [2.75, 3.05) is 7.11 Å². The van der Waals surface area contributed by atoms with Crippen molar-refractivity contribution in [3.05, 3.63) is 101 Å². The fourth-order valence-corrected chi connectivity index (χ4v) is 3.26. The van der Waals surface area contributed by atoms with Crippen LogP contribution in [0.2, 0.25) is 5.02 Å². The van der Waals surface area contributed by atoms with Gasteiger partial charge in [0.25, 0.3) is 5.91 Å². The topological polar surface area (TPSA) is 88.6 Å². The number of aromatic amines is 1. The second kappa shape index (κ2) is 10.5.